The summed E-state index contributed by atoms with van der Waals surface area (Å²) >= 11 is 0. The second-order valence-corrected chi connectivity index (χ2v) is 5.47. The second-order valence-electron chi connectivity index (χ2n) is 5.47. The Bertz CT molecular complexity index is 878. The topological polar surface area (TPSA) is 73.7 Å². The van der Waals surface area contributed by atoms with Gasteiger partial charge in [0.15, 0.2) is 5.78 Å². The number of aryl methyl sites for hydroxylation is 1. The monoisotopic (exact) mass is 318 g/mol. The first-order valence-corrected chi connectivity index (χ1v) is 7.54. The van der Waals surface area contributed by atoms with Crippen LogP contribution < -0.4 is 0 Å². The molecule has 2 rings (SSSR count). The number of carbonyl (C=O) groups is 2. The van der Waals surface area contributed by atoms with Crippen molar-refractivity contribution < 1.29 is 9.59 Å². The number of hydrogen-bond acceptors (Lipinski definition) is 3. The van der Waals surface area contributed by atoms with Crippen LogP contribution in [0.15, 0.2) is 48.1 Å². The number of aromatic amines is 1. The van der Waals surface area contributed by atoms with E-state index in [0.717, 1.165) is 5.56 Å². The molecule has 1 heterocycles. The normalized spacial score (nSPS) is 11.5. The zero-order valence-corrected chi connectivity index (χ0v) is 13.9. The Balaban J connectivity index is 2.32. The minimum Gasteiger partial charge on any atom is -0.355 e. The van der Waals surface area contributed by atoms with Crippen molar-refractivity contribution in [1.82, 2.24) is 4.98 Å². The molecule has 1 N–H and O–H groups in total. The van der Waals surface area contributed by atoms with Gasteiger partial charge < -0.3 is 4.98 Å². The molecule has 1 aromatic heterocycles. The van der Waals surface area contributed by atoms with Crippen LogP contribution in [0.25, 0.3) is 6.08 Å². The van der Waals surface area contributed by atoms with Crippen molar-refractivity contribution in [2.45, 2.75) is 20.8 Å². The molecule has 0 aliphatic carbocycles. The Morgan fingerprint density at radius 1 is 1.17 bits per heavy atom. The van der Waals surface area contributed by atoms with Crippen molar-refractivity contribution in [3.63, 3.8) is 0 Å². The van der Waals surface area contributed by atoms with Crippen LogP contribution in [-0.2, 0) is 0 Å². The zero-order valence-electron chi connectivity index (χ0n) is 13.9. The van der Waals surface area contributed by atoms with Crippen LogP contribution in [0.3, 0.4) is 0 Å². The van der Waals surface area contributed by atoms with Gasteiger partial charge in [-0.15, -0.1) is 0 Å². The van der Waals surface area contributed by atoms with Crippen molar-refractivity contribution in [1.29, 1.82) is 5.26 Å². The molecule has 1 aromatic carbocycles. The lowest BCUT2D eigenvalue weighted by Crippen LogP contribution is -2.05. The van der Waals surface area contributed by atoms with E-state index < -0.39 is 5.78 Å². The van der Waals surface area contributed by atoms with Crippen LogP contribution in [0.4, 0.5) is 0 Å². The number of allylic oxidation sites excluding steroid dienone is 3. The van der Waals surface area contributed by atoms with Crippen molar-refractivity contribution in [3.8, 4) is 6.07 Å². The van der Waals surface area contributed by atoms with E-state index in [2.05, 4.69) is 4.98 Å². The summed E-state index contributed by atoms with van der Waals surface area (Å²) in [7, 11) is 0. The molecule has 0 saturated heterocycles. The second kappa shape index (κ2) is 7.38. The number of H-pyrrole nitrogens is 1. The Hall–Kier alpha value is -3.19. The van der Waals surface area contributed by atoms with Gasteiger partial charge in [-0.05, 0) is 38.0 Å². The molecule has 24 heavy (non-hydrogen) atoms. The van der Waals surface area contributed by atoms with Crippen LogP contribution in [0, 0.1) is 25.2 Å². The smallest absolute Gasteiger partial charge is 0.219 e. The number of carbonyl (C=O) groups excluding carboxylic acids is 2. The summed E-state index contributed by atoms with van der Waals surface area (Å²) in [6, 6.07) is 11.5. The van der Waals surface area contributed by atoms with Crippen LogP contribution in [0.5, 0.6) is 0 Å². The van der Waals surface area contributed by atoms with Gasteiger partial charge in [0.1, 0.15) is 11.6 Å². The molecule has 0 fully saturated rings. The summed E-state index contributed by atoms with van der Waals surface area (Å²) in [6.07, 6.45) is 4.97. The van der Waals surface area contributed by atoms with Gasteiger partial charge in [-0.1, -0.05) is 42.5 Å². The molecular formula is C20H18N2O2. The minimum absolute atomic E-state index is 0.0154. The van der Waals surface area contributed by atoms with Crippen molar-refractivity contribution in [2.24, 2.45) is 0 Å². The maximum atomic E-state index is 12.6. The Labute approximate surface area is 141 Å². The Kier molecular flexibility index (Phi) is 5.28. The molecule has 0 aliphatic rings. The summed E-state index contributed by atoms with van der Waals surface area (Å²) < 4.78 is 0. The average Bonchev–Trinajstić information content (AvgIpc) is 2.86. The molecule has 0 amide bonds. The maximum Gasteiger partial charge on any atom is 0.219 e. The van der Waals surface area contributed by atoms with Gasteiger partial charge in [-0.2, -0.15) is 5.26 Å². The summed E-state index contributed by atoms with van der Waals surface area (Å²) in [4.78, 5) is 27.2. The van der Waals surface area contributed by atoms with Gasteiger partial charge in [0.2, 0.25) is 5.78 Å². The molecule has 0 unspecified atom stereocenters. The fraction of sp³-hybridized carbons (Fsp3) is 0.150. The molecule has 0 aliphatic heterocycles. The molecular weight excluding hydrogens is 300 g/mol. The summed E-state index contributed by atoms with van der Waals surface area (Å²) in [5.74, 6) is -0.518. The molecule has 0 radical (unpaired) electrons. The van der Waals surface area contributed by atoms with Gasteiger partial charge in [-0.25, -0.2) is 0 Å². The predicted molar refractivity (Wildman–Crippen MR) is 93.8 cm³/mol. The third-order valence-electron chi connectivity index (χ3n) is 3.73. The van der Waals surface area contributed by atoms with Gasteiger partial charge in [0.05, 0.1) is 5.69 Å². The summed E-state index contributed by atoms with van der Waals surface area (Å²) in [5.41, 5.74) is 3.01. The van der Waals surface area contributed by atoms with Gasteiger partial charge in [0.25, 0.3) is 0 Å². The fourth-order valence-electron chi connectivity index (χ4n) is 2.62. The molecule has 0 spiro atoms. The van der Waals surface area contributed by atoms with Crippen molar-refractivity contribution in [2.75, 3.05) is 0 Å². The predicted octanol–water partition coefficient (Wildman–Crippen LogP) is 4.18. The van der Waals surface area contributed by atoms with E-state index in [9.17, 15) is 14.9 Å². The number of rotatable bonds is 5. The largest absolute Gasteiger partial charge is 0.355 e. The molecule has 4 nitrogen and oxygen atoms in total. The van der Waals surface area contributed by atoms with E-state index in [-0.39, 0.29) is 11.4 Å². The number of Topliss-reactive ketones (excluding diaryl/α,β-unsaturated/α-hetero) is 2. The lowest BCUT2D eigenvalue weighted by Gasteiger charge is -1.98. The molecule has 0 saturated carbocycles. The first kappa shape index (κ1) is 17.2. The van der Waals surface area contributed by atoms with E-state index >= 15 is 0 Å². The maximum absolute atomic E-state index is 12.6. The zero-order chi connectivity index (χ0) is 17.7. The Morgan fingerprint density at radius 2 is 1.83 bits per heavy atom. The van der Waals surface area contributed by atoms with Crippen molar-refractivity contribution >= 4 is 17.6 Å². The van der Waals surface area contributed by atoms with E-state index in [1.807, 2.05) is 42.5 Å². The van der Waals surface area contributed by atoms with Crippen LogP contribution in [-0.4, -0.2) is 16.6 Å². The number of ketones is 2. The third kappa shape index (κ3) is 3.58. The van der Waals surface area contributed by atoms with Crippen LogP contribution >= 0.6 is 0 Å². The molecule has 120 valence electrons. The summed E-state index contributed by atoms with van der Waals surface area (Å²) in [6.45, 7) is 4.91. The molecule has 4 heteroatoms. The number of aromatic nitrogens is 1. The first-order chi connectivity index (χ1) is 11.5. The van der Waals surface area contributed by atoms with E-state index in [0.29, 0.717) is 22.5 Å². The van der Waals surface area contributed by atoms with Crippen molar-refractivity contribution in [3.05, 3.63) is 76.1 Å². The van der Waals surface area contributed by atoms with Gasteiger partial charge in [0, 0.05) is 11.3 Å². The minimum atomic E-state index is -0.414. The van der Waals surface area contributed by atoms with E-state index in [1.165, 1.54) is 13.0 Å². The molecule has 0 bridgehead atoms. The average molecular weight is 318 g/mol. The SMILES string of the molecule is CC(=O)c1c(C)[nH]c(C(=O)/C(C#N)=C/C=C/c2ccccc2)c1C. The fourth-order valence-corrected chi connectivity index (χ4v) is 2.62. The Morgan fingerprint density at radius 3 is 2.38 bits per heavy atom. The standard InChI is InChI=1S/C20H18N2O2/c1-13-18(15(3)23)14(2)22-19(13)20(24)17(12-21)11-7-10-16-8-5-4-6-9-16/h4-11,22H,1-3H3/b10-7+,17-11+. The van der Waals surface area contributed by atoms with Crippen LogP contribution in [0.1, 0.15) is 44.6 Å². The highest BCUT2D eigenvalue weighted by Gasteiger charge is 2.21. The number of nitrogens with one attached hydrogen (secondary N) is 1. The quantitative estimate of drug-likeness (QED) is 0.389. The lowest BCUT2D eigenvalue weighted by molar-refractivity contribution is 0.101. The number of hydrogen-bond donors (Lipinski definition) is 1. The van der Waals surface area contributed by atoms with E-state index in [4.69, 9.17) is 0 Å². The highest BCUT2D eigenvalue weighted by Crippen LogP contribution is 2.21. The highest BCUT2D eigenvalue weighted by molar-refractivity contribution is 6.13. The number of nitriles is 1. The molecule has 2 aromatic rings. The number of benzene rings is 1. The molecule has 0 atom stereocenters. The summed E-state index contributed by atoms with van der Waals surface area (Å²) in [5, 5.41) is 9.28. The number of nitrogens with zero attached hydrogens (tertiary/aromatic N) is 1. The third-order valence-corrected chi connectivity index (χ3v) is 3.73. The van der Waals surface area contributed by atoms with Gasteiger partial charge in [-0.3, -0.25) is 9.59 Å². The highest BCUT2D eigenvalue weighted by atomic mass is 16.1. The van der Waals surface area contributed by atoms with Gasteiger partial charge >= 0.3 is 0 Å². The van der Waals surface area contributed by atoms with Crippen LogP contribution in [0.2, 0.25) is 0 Å². The van der Waals surface area contributed by atoms with E-state index in [1.54, 1.807) is 19.9 Å². The first-order valence-electron chi connectivity index (χ1n) is 7.54. The lowest BCUT2D eigenvalue weighted by atomic mass is 10.0.